The SMILES string of the molecule is CC(=O)NC[C@H]1CN(c2ccc(-c3ccc(CNC(=O)C=Cc4ccc[nH]c4=O)cc3)c(F)c2)C(=O)O1. The molecule has 2 aromatic carbocycles. The second-order valence-corrected chi connectivity index (χ2v) is 8.42. The molecule has 4 rings (SSSR count). The fourth-order valence-electron chi connectivity index (χ4n) is 3.78. The summed E-state index contributed by atoms with van der Waals surface area (Å²) in [4.78, 5) is 50.8. The molecule has 0 saturated carbocycles. The maximum atomic E-state index is 15.0. The summed E-state index contributed by atoms with van der Waals surface area (Å²) in [6.45, 7) is 2.02. The number of nitrogens with one attached hydrogen (secondary N) is 3. The Balaban J connectivity index is 1.35. The van der Waals surface area contributed by atoms with Gasteiger partial charge in [-0.2, -0.15) is 0 Å². The lowest BCUT2D eigenvalue weighted by molar-refractivity contribution is -0.119. The zero-order valence-electron chi connectivity index (χ0n) is 20.0. The summed E-state index contributed by atoms with van der Waals surface area (Å²) in [5.41, 5.74) is 2.26. The Morgan fingerprint density at radius 2 is 1.92 bits per heavy atom. The molecule has 0 radical (unpaired) electrons. The van der Waals surface area contributed by atoms with Crippen LogP contribution in [0.4, 0.5) is 14.9 Å². The van der Waals surface area contributed by atoms with E-state index in [1.165, 1.54) is 36.2 Å². The third-order valence-electron chi connectivity index (χ3n) is 5.71. The molecule has 1 aliphatic heterocycles. The fourth-order valence-corrected chi connectivity index (χ4v) is 3.78. The van der Waals surface area contributed by atoms with Crippen LogP contribution >= 0.6 is 0 Å². The van der Waals surface area contributed by atoms with E-state index in [0.29, 0.717) is 22.4 Å². The molecule has 2 heterocycles. The van der Waals surface area contributed by atoms with Crippen LogP contribution in [0.1, 0.15) is 18.1 Å². The highest BCUT2D eigenvalue weighted by Gasteiger charge is 2.32. The van der Waals surface area contributed by atoms with Gasteiger partial charge in [0.15, 0.2) is 0 Å². The molecule has 0 aliphatic carbocycles. The van der Waals surface area contributed by atoms with E-state index in [1.54, 1.807) is 48.5 Å². The number of hydrogen-bond donors (Lipinski definition) is 3. The summed E-state index contributed by atoms with van der Waals surface area (Å²) >= 11 is 0. The average Bonchev–Trinajstić information content (AvgIpc) is 3.26. The van der Waals surface area contributed by atoms with Gasteiger partial charge < -0.3 is 20.4 Å². The van der Waals surface area contributed by atoms with Crippen LogP contribution in [-0.2, 0) is 20.9 Å². The molecule has 9 nitrogen and oxygen atoms in total. The molecule has 0 spiro atoms. The second kappa shape index (κ2) is 11.3. The van der Waals surface area contributed by atoms with Crippen molar-refractivity contribution in [3.63, 3.8) is 0 Å². The van der Waals surface area contributed by atoms with Gasteiger partial charge in [-0.05, 0) is 47.5 Å². The lowest BCUT2D eigenvalue weighted by Crippen LogP contribution is -2.33. The topological polar surface area (TPSA) is 121 Å². The number of nitrogens with zero attached hydrogens (tertiary/aromatic N) is 1. The molecule has 3 N–H and O–H groups in total. The van der Waals surface area contributed by atoms with Gasteiger partial charge in [-0.3, -0.25) is 19.3 Å². The first-order chi connectivity index (χ1) is 17.8. The number of aromatic nitrogens is 1. The maximum absolute atomic E-state index is 15.0. The quantitative estimate of drug-likeness (QED) is 0.408. The van der Waals surface area contributed by atoms with Gasteiger partial charge in [0.25, 0.3) is 5.56 Å². The highest BCUT2D eigenvalue weighted by Crippen LogP contribution is 2.29. The minimum absolute atomic E-state index is 0.189. The Kier molecular flexibility index (Phi) is 7.77. The molecule has 0 unspecified atom stereocenters. The summed E-state index contributed by atoms with van der Waals surface area (Å²) in [7, 11) is 0. The number of carbonyl (C=O) groups is 3. The van der Waals surface area contributed by atoms with Crippen molar-refractivity contribution in [1.29, 1.82) is 0 Å². The van der Waals surface area contributed by atoms with Crippen LogP contribution < -0.4 is 21.1 Å². The van der Waals surface area contributed by atoms with Crippen molar-refractivity contribution in [2.45, 2.75) is 19.6 Å². The van der Waals surface area contributed by atoms with E-state index in [-0.39, 0.29) is 37.0 Å². The standard InChI is InChI=1S/C27H25FN4O5/c1-17(33)30-15-22-16-32(27(36)37-22)21-9-10-23(24(28)13-21)19-6-4-18(5-7-19)14-31-25(34)11-8-20-3-2-12-29-26(20)35/h2-13,22H,14-16H2,1H3,(H,29,35)(H,30,33)(H,31,34)/t22-/m0/s1. The summed E-state index contributed by atoms with van der Waals surface area (Å²) in [5, 5.41) is 5.34. The Morgan fingerprint density at radius 3 is 2.62 bits per heavy atom. The van der Waals surface area contributed by atoms with E-state index in [4.69, 9.17) is 4.74 Å². The van der Waals surface area contributed by atoms with E-state index in [2.05, 4.69) is 15.6 Å². The normalized spacial score (nSPS) is 15.0. The molecule has 1 aromatic heterocycles. The van der Waals surface area contributed by atoms with Gasteiger partial charge in [0.2, 0.25) is 11.8 Å². The Labute approximate surface area is 212 Å². The number of cyclic esters (lactones) is 1. The van der Waals surface area contributed by atoms with Crippen molar-refractivity contribution in [3.05, 3.63) is 94.2 Å². The van der Waals surface area contributed by atoms with Crippen LogP contribution in [0.25, 0.3) is 17.2 Å². The monoisotopic (exact) mass is 504 g/mol. The number of carbonyl (C=O) groups excluding carboxylic acids is 3. The lowest BCUT2D eigenvalue weighted by atomic mass is 10.0. The minimum atomic E-state index is -0.598. The molecular weight excluding hydrogens is 479 g/mol. The van der Waals surface area contributed by atoms with E-state index >= 15 is 0 Å². The Morgan fingerprint density at radius 1 is 1.14 bits per heavy atom. The highest BCUT2D eigenvalue weighted by molar-refractivity contribution is 5.91. The largest absolute Gasteiger partial charge is 0.442 e. The third-order valence-corrected chi connectivity index (χ3v) is 5.71. The van der Waals surface area contributed by atoms with E-state index in [9.17, 15) is 23.6 Å². The van der Waals surface area contributed by atoms with Gasteiger partial charge in [-0.15, -0.1) is 0 Å². The van der Waals surface area contributed by atoms with Crippen LogP contribution in [0.5, 0.6) is 0 Å². The van der Waals surface area contributed by atoms with Crippen molar-refractivity contribution in [2.75, 3.05) is 18.0 Å². The molecule has 1 saturated heterocycles. The molecule has 0 bridgehead atoms. The molecule has 3 amide bonds. The van der Waals surface area contributed by atoms with Gasteiger partial charge in [-0.25, -0.2) is 9.18 Å². The maximum Gasteiger partial charge on any atom is 0.414 e. The third kappa shape index (κ3) is 6.49. The first-order valence-electron chi connectivity index (χ1n) is 11.6. The number of benzene rings is 2. The van der Waals surface area contributed by atoms with E-state index in [1.807, 2.05) is 0 Å². The smallest absolute Gasteiger partial charge is 0.414 e. The first-order valence-corrected chi connectivity index (χ1v) is 11.6. The number of pyridine rings is 1. The second-order valence-electron chi connectivity index (χ2n) is 8.42. The van der Waals surface area contributed by atoms with Crippen molar-refractivity contribution >= 4 is 29.7 Å². The molecule has 1 aliphatic rings. The number of aromatic amines is 1. The van der Waals surface area contributed by atoms with Gasteiger partial charge >= 0.3 is 6.09 Å². The number of anilines is 1. The molecule has 10 heteroatoms. The van der Waals surface area contributed by atoms with Crippen molar-refractivity contribution in [2.24, 2.45) is 0 Å². The van der Waals surface area contributed by atoms with Gasteiger partial charge in [0, 0.05) is 36.9 Å². The molecular formula is C27H25FN4O5. The van der Waals surface area contributed by atoms with E-state index < -0.39 is 18.0 Å². The van der Waals surface area contributed by atoms with Crippen LogP contribution in [0.2, 0.25) is 0 Å². The molecule has 1 fully saturated rings. The summed E-state index contributed by atoms with van der Waals surface area (Å²) in [6.07, 6.45) is 3.13. The van der Waals surface area contributed by atoms with Gasteiger partial charge in [0.1, 0.15) is 11.9 Å². The van der Waals surface area contributed by atoms with Gasteiger partial charge in [-0.1, -0.05) is 24.3 Å². The first kappa shape index (κ1) is 25.4. The highest BCUT2D eigenvalue weighted by atomic mass is 19.1. The zero-order valence-corrected chi connectivity index (χ0v) is 20.0. The van der Waals surface area contributed by atoms with Crippen LogP contribution in [0, 0.1) is 5.82 Å². The summed E-state index contributed by atoms with van der Waals surface area (Å²) in [6, 6.07) is 14.8. The predicted octanol–water partition coefficient (Wildman–Crippen LogP) is 2.97. The van der Waals surface area contributed by atoms with Crippen molar-refractivity contribution in [1.82, 2.24) is 15.6 Å². The Bertz CT molecular complexity index is 1400. The predicted molar refractivity (Wildman–Crippen MR) is 136 cm³/mol. The molecule has 190 valence electrons. The fraction of sp³-hybridized carbons (Fsp3) is 0.185. The van der Waals surface area contributed by atoms with Crippen LogP contribution in [0.15, 0.2) is 71.7 Å². The minimum Gasteiger partial charge on any atom is -0.442 e. The molecule has 37 heavy (non-hydrogen) atoms. The lowest BCUT2D eigenvalue weighted by Gasteiger charge is -2.15. The number of halogens is 1. The summed E-state index contributed by atoms with van der Waals surface area (Å²) < 4.78 is 20.2. The number of ether oxygens (including phenoxy) is 1. The number of rotatable bonds is 8. The zero-order chi connectivity index (χ0) is 26.4. The van der Waals surface area contributed by atoms with Gasteiger partial charge in [0.05, 0.1) is 18.8 Å². The number of H-pyrrole nitrogens is 1. The Hall–Kier alpha value is -4.73. The van der Waals surface area contributed by atoms with Crippen LogP contribution in [0.3, 0.4) is 0 Å². The number of hydrogen-bond acceptors (Lipinski definition) is 5. The average molecular weight is 505 g/mol. The van der Waals surface area contributed by atoms with Crippen molar-refractivity contribution < 1.29 is 23.5 Å². The molecule has 3 aromatic rings. The number of amides is 3. The summed E-state index contributed by atoms with van der Waals surface area (Å²) in [5.74, 6) is -1.08. The van der Waals surface area contributed by atoms with Crippen molar-refractivity contribution in [3.8, 4) is 11.1 Å². The van der Waals surface area contributed by atoms with E-state index in [0.717, 1.165) is 5.56 Å². The molecule has 1 atom stereocenters. The van der Waals surface area contributed by atoms with Crippen LogP contribution in [-0.4, -0.2) is 42.1 Å².